The fourth-order valence-electron chi connectivity index (χ4n) is 8.37. The van der Waals surface area contributed by atoms with Gasteiger partial charge in [0, 0.05) is 19.3 Å². The number of ether oxygens (including phenoxy) is 3. The molecule has 0 saturated heterocycles. The molecule has 0 spiro atoms. The first kappa shape index (κ1) is 65.1. The molecule has 0 aromatic rings. The average molecular weight is 952 g/mol. The molecule has 394 valence electrons. The number of unbranched alkanes of at least 4 members (excludes halogenated alkanes) is 32. The summed E-state index contributed by atoms with van der Waals surface area (Å²) in [5, 5.41) is 0. The molecule has 0 rings (SSSR count). The van der Waals surface area contributed by atoms with Crippen molar-refractivity contribution in [1.29, 1.82) is 0 Å². The van der Waals surface area contributed by atoms with E-state index in [9.17, 15) is 14.4 Å². The van der Waals surface area contributed by atoms with E-state index in [-0.39, 0.29) is 31.1 Å². The number of hydrogen-bond donors (Lipinski definition) is 0. The van der Waals surface area contributed by atoms with Crippen molar-refractivity contribution >= 4 is 17.9 Å². The topological polar surface area (TPSA) is 78.9 Å². The maximum absolute atomic E-state index is 12.8. The van der Waals surface area contributed by atoms with Crippen molar-refractivity contribution in [3.63, 3.8) is 0 Å². The molecule has 0 heterocycles. The molecule has 1 atom stereocenters. The van der Waals surface area contributed by atoms with E-state index in [1.165, 1.54) is 167 Å². The van der Waals surface area contributed by atoms with Gasteiger partial charge in [0.2, 0.25) is 0 Å². The molecular weight excluding hydrogens is 841 g/mol. The van der Waals surface area contributed by atoms with E-state index in [0.717, 1.165) is 89.9 Å². The summed E-state index contributed by atoms with van der Waals surface area (Å²) in [7, 11) is 0. The molecule has 0 aliphatic rings. The third kappa shape index (κ3) is 54.1. The molecule has 68 heavy (non-hydrogen) atoms. The van der Waals surface area contributed by atoms with Crippen LogP contribution in [0.2, 0.25) is 0 Å². The second-order valence-electron chi connectivity index (χ2n) is 19.5. The highest BCUT2D eigenvalue weighted by Crippen LogP contribution is 2.16. The summed E-state index contributed by atoms with van der Waals surface area (Å²) in [5.41, 5.74) is 0. The number of allylic oxidation sites excluding steroid dienone is 10. The van der Waals surface area contributed by atoms with Crippen molar-refractivity contribution in [3.8, 4) is 0 Å². The van der Waals surface area contributed by atoms with Crippen LogP contribution in [0.15, 0.2) is 60.8 Å². The minimum atomic E-state index is -0.784. The van der Waals surface area contributed by atoms with Crippen molar-refractivity contribution in [2.75, 3.05) is 13.2 Å². The number of carbonyl (C=O) groups is 3. The van der Waals surface area contributed by atoms with Crippen molar-refractivity contribution in [1.82, 2.24) is 0 Å². The fraction of sp³-hybridized carbons (Fsp3) is 0.790. The van der Waals surface area contributed by atoms with Gasteiger partial charge >= 0.3 is 17.9 Å². The lowest BCUT2D eigenvalue weighted by atomic mass is 10.0. The van der Waals surface area contributed by atoms with Gasteiger partial charge in [-0.1, -0.05) is 255 Å². The molecule has 6 heteroatoms. The molecule has 0 aromatic carbocycles. The van der Waals surface area contributed by atoms with Crippen molar-refractivity contribution in [2.45, 2.75) is 303 Å². The van der Waals surface area contributed by atoms with E-state index >= 15 is 0 Å². The van der Waals surface area contributed by atoms with Crippen molar-refractivity contribution in [2.24, 2.45) is 0 Å². The van der Waals surface area contributed by atoms with E-state index in [2.05, 4.69) is 81.5 Å². The monoisotopic (exact) mass is 951 g/mol. The molecule has 0 aliphatic heterocycles. The third-order valence-electron chi connectivity index (χ3n) is 12.8. The van der Waals surface area contributed by atoms with Gasteiger partial charge in [-0.3, -0.25) is 14.4 Å². The Balaban J connectivity index is 4.30. The molecule has 0 N–H and O–H groups in total. The first-order valence-electron chi connectivity index (χ1n) is 29.3. The Morgan fingerprint density at radius 2 is 0.574 bits per heavy atom. The lowest BCUT2D eigenvalue weighted by Gasteiger charge is -2.18. The lowest BCUT2D eigenvalue weighted by molar-refractivity contribution is -0.167. The summed E-state index contributed by atoms with van der Waals surface area (Å²) < 4.78 is 16.8. The number of carbonyl (C=O) groups excluding carboxylic acids is 3. The first-order chi connectivity index (χ1) is 33.5. The van der Waals surface area contributed by atoms with E-state index in [4.69, 9.17) is 14.2 Å². The minimum Gasteiger partial charge on any atom is -0.462 e. The van der Waals surface area contributed by atoms with Crippen LogP contribution < -0.4 is 0 Å². The predicted molar refractivity (Wildman–Crippen MR) is 293 cm³/mol. The molecule has 0 bridgehead atoms. The van der Waals surface area contributed by atoms with Crippen LogP contribution in [0.5, 0.6) is 0 Å². The molecule has 1 unspecified atom stereocenters. The first-order valence-corrected chi connectivity index (χ1v) is 29.3. The highest BCUT2D eigenvalue weighted by Gasteiger charge is 2.19. The third-order valence-corrected chi connectivity index (χ3v) is 12.8. The Morgan fingerprint density at radius 1 is 0.309 bits per heavy atom. The van der Waals surface area contributed by atoms with Crippen LogP contribution in [0.25, 0.3) is 0 Å². The quantitative estimate of drug-likeness (QED) is 0.0262. The largest absolute Gasteiger partial charge is 0.462 e. The van der Waals surface area contributed by atoms with Crippen molar-refractivity contribution in [3.05, 3.63) is 60.8 Å². The summed E-state index contributed by atoms with van der Waals surface area (Å²) in [5.74, 6) is -0.902. The summed E-state index contributed by atoms with van der Waals surface area (Å²) >= 11 is 0. The fourth-order valence-corrected chi connectivity index (χ4v) is 8.37. The van der Waals surface area contributed by atoms with Gasteiger partial charge in [-0.15, -0.1) is 0 Å². The van der Waals surface area contributed by atoms with Gasteiger partial charge < -0.3 is 14.2 Å². The van der Waals surface area contributed by atoms with Gasteiger partial charge in [0.25, 0.3) is 0 Å². The second kappa shape index (κ2) is 56.7. The molecule has 0 aromatic heterocycles. The Hall–Kier alpha value is -2.89. The van der Waals surface area contributed by atoms with Crippen LogP contribution >= 0.6 is 0 Å². The van der Waals surface area contributed by atoms with Crippen molar-refractivity contribution < 1.29 is 28.6 Å². The van der Waals surface area contributed by atoms with Gasteiger partial charge in [-0.2, -0.15) is 0 Å². The molecule has 0 radical (unpaired) electrons. The molecule has 0 aliphatic carbocycles. The molecule has 0 fully saturated rings. The Bertz CT molecular complexity index is 1230. The Kier molecular flexibility index (Phi) is 54.3. The number of rotatable bonds is 53. The number of hydrogen-bond acceptors (Lipinski definition) is 6. The summed E-state index contributed by atoms with van der Waals surface area (Å²) in [6, 6.07) is 0. The normalized spacial score (nSPS) is 12.5. The van der Waals surface area contributed by atoms with Crippen LogP contribution in [0.1, 0.15) is 297 Å². The zero-order valence-corrected chi connectivity index (χ0v) is 45.1. The maximum Gasteiger partial charge on any atom is 0.306 e. The molecule has 6 nitrogen and oxygen atoms in total. The Labute approximate surface area is 421 Å². The van der Waals surface area contributed by atoms with Gasteiger partial charge in [0.1, 0.15) is 13.2 Å². The smallest absolute Gasteiger partial charge is 0.306 e. The Morgan fingerprint density at radius 3 is 0.912 bits per heavy atom. The van der Waals surface area contributed by atoms with E-state index in [1.807, 2.05) is 0 Å². The average Bonchev–Trinajstić information content (AvgIpc) is 3.34. The molecule has 0 amide bonds. The van der Waals surface area contributed by atoms with Crippen LogP contribution in [0, 0.1) is 0 Å². The second-order valence-corrected chi connectivity index (χ2v) is 19.5. The maximum atomic E-state index is 12.8. The number of esters is 3. The standard InChI is InChI=1S/C62H110O6/c1-4-7-10-13-16-19-22-25-27-28-29-30-31-32-33-34-35-38-40-43-46-49-52-55-61(64)67-58-59(57-66-60(63)54-51-48-45-42-39-36-24-21-18-15-12-9-6-3)68-62(65)56-53-50-47-44-41-37-26-23-20-17-14-11-8-5-2/h9,12,18,21-22,25,28-29,36,39,59H,4-8,10-11,13-17,19-20,23-24,26-27,30-35,37-38,40-58H2,1-3H3/b12-9-,21-18-,25-22-,29-28-,39-36-. The summed E-state index contributed by atoms with van der Waals surface area (Å²) in [6.07, 6.45) is 70.8. The van der Waals surface area contributed by atoms with Crippen LogP contribution in [-0.2, 0) is 28.6 Å². The van der Waals surface area contributed by atoms with E-state index in [1.54, 1.807) is 0 Å². The van der Waals surface area contributed by atoms with Gasteiger partial charge in [0.15, 0.2) is 6.10 Å². The van der Waals surface area contributed by atoms with Gasteiger partial charge in [-0.05, 0) is 83.5 Å². The lowest BCUT2D eigenvalue weighted by Crippen LogP contribution is -2.30. The molecule has 0 saturated carbocycles. The van der Waals surface area contributed by atoms with Crippen LogP contribution in [0.3, 0.4) is 0 Å². The van der Waals surface area contributed by atoms with Gasteiger partial charge in [-0.25, -0.2) is 0 Å². The highest BCUT2D eigenvalue weighted by molar-refractivity contribution is 5.71. The minimum absolute atomic E-state index is 0.0821. The molecular formula is C62H110O6. The summed E-state index contributed by atoms with van der Waals surface area (Å²) in [6.45, 7) is 6.52. The zero-order chi connectivity index (χ0) is 49.3. The SMILES string of the molecule is CC/C=C\C/C=C\C/C=C\CCCCCC(=O)OCC(COC(=O)CCCCCCCCCCCCC/C=C\C/C=C\CCCCCCC)OC(=O)CCCCCCCCCCCCCCCC. The highest BCUT2D eigenvalue weighted by atomic mass is 16.6. The zero-order valence-electron chi connectivity index (χ0n) is 45.1. The predicted octanol–water partition coefficient (Wildman–Crippen LogP) is 19.6. The van der Waals surface area contributed by atoms with E-state index in [0.29, 0.717) is 19.3 Å². The van der Waals surface area contributed by atoms with Gasteiger partial charge in [0.05, 0.1) is 0 Å². The summed E-state index contributed by atoms with van der Waals surface area (Å²) in [4.78, 5) is 38.1. The van der Waals surface area contributed by atoms with Crippen LogP contribution in [0.4, 0.5) is 0 Å². The van der Waals surface area contributed by atoms with E-state index < -0.39 is 6.10 Å². The van der Waals surface area contributed by atoms with Crippen LogP contribution in [-0.4, -0.2) is 37.2 Å².